The molecule has 11 heteroatoms. The Balaban J connectivity index is 2.20. The van der Waals surface area contributed by atoms with Gasteiger partial charge in [0.05, 0.1) is 17.0 Å². The number of rotatable bonds is 3. The Morgan fingerprint density at radius 1 is 1.22 bits per heavy atom. The highest BCUT2D eigenvalue weighted by Gasteiger charge is 2.60. The summed E-state index contributed by atoms with van der Waals surface area (Å²) < 4.78 is 97.6. The summed E-state index contributed by atoms with van der Waals surface area (Å²) in [5.74, 6) is -1.90. The molecule has 1 atom stereocenters. The van der Waals surface area contributed by atoms with E-state index in [9.17, 15) is 30.4 Å². The van der Waals surface area contributed by atoms with Gasteiger partial charge in [-0.25, -0.2) is 26.4 Å². The molecule has 0 saturated carbocycles. The number of hydrogen-bond donors (Lipinski definition) is 1. The molecule has 2 aromatic rings. The van der Waals surface area contributed by atoms with Gasteiger partial charge >= 0.3 is 5.25 Å². The monoisotopic (exact) mass is 404 g/mol. The molecule has 0 unspecified atom stereocenters. The topological polar surface area (TPSA) is 73.8 Å². The van der Waals surface area contributed by atoms with E-state index >= 15 is 0 Å². The van der Waals surface area contributed by atoms with Gasteiger partial charge in [0, 0.05) is 11.6 Å². The maximum absolute atomic E-state index is 14.0. The quantitative estimate of drug-likeness (QED) is 0.605. The number of nitrogens with zero attached hydrogens (tertiary/aromatic N) is 1. The van der Waals surface area contributed by atoms with Gasteiger partial charge in [0.15, 0.2) is 5.69 Å². The highest BCUT2D eigenvalue weighted by Crippen LogP contribution is 2.52. The van der Waals surface area contributed by atoms with Crippen LogP contribution in [0.3, 0.4) is 0 Å². The van der Waals surface area contributed by atoms with Crippen LogP contribution in [0.25, 0.3) is 4.85 Å². The molecule has 2 N–H and O–H groups in total. The highest BCUT2D eigenvalue weighted by atomic mass is 32.2. The Morgan fingerprint density at radius 2 is 1.89 bits per heavy atom. The van der Waals surface area contributed by atoms with Crippen LogP contribution in [0.15, 0.2) is 35.2 Å². The number of alkyl halides is 4. The lowest BCUT2D eigenvalue weighted by atomic mass is 10.0. The second kappa shape index (κ2) is 6.17. The predicted molar refractivity (Wildman–Crippen MR) is 83.2 cm³/mol. The Kier molecular flexibility index (Phi) is 4.36. The fourth-order valence-electron chi connectivity index (χ4n) is 2.75. The van der Waals surface area contributed by atoms with E-state index in [1.807, 2.05) is 0 Å². The molecular weight excluding hydrogens is 395 g/mol. The fourth-order valence-corrected chi connectivity index (χ4v) is 4.26. The van der Waals surface area contributed by atoms with Gasteiger partial charge in [-0.2, -0.15) is 8.78 Å². The number of nitrogens with two attached hydrogens (primary N) is 1. The van der Waals surface area contributed by atoms with Crippen molar-refractivity contribution in [3.8, 4) is 11.5 Å². The first-order chi connectivity index (χ1) is 12.5. The molecule has 3 rings (SSSR count). The minimum Gasteiger partial charge on any atom is -0.458 e. The summed E-state index contributed by atoms with van der Waals surface area (Å²) in [6, 6.07) is 1.64. The second-order valence-corrected chi connectivity index (χ2v) is 7.58. The van der Waals surface area contributed by atoms with Crippen LogP contribution in [-0.4, -0.2) is 13.7 Å². The van der Waals surface area contributed by atoms with E-state index in [-0.39, 0.29) is 11.4 Å². The normalized spacial score (nSPS) is 19.6. The van der Waals surface area contributed by atoms with Gasteiger partial charge in [-0.05, 0) is 24.3 Å². The Bertz CT molecular complexity index is 1080. The first-order valence-electron chi connectivity index (χ1n) is 7.19. The molecule has 0 aliphatic carbocycles. The van der Waals surface area contributed by atoms with Gasteiger partial charge in [0.25, 0.3) is 6.43 Å². The van der Waals surface area contributed by atoms with Gasteiger partial charge in [-0.15, -0.1) is 0 Å². The molecule has 2 aromatic carbocycles. The zero-order valence-electron chi connectivity index (χ0n) is 13.1. The van der Waals surface area contributed by atoms with Crippen LogP contribution in [0.4, 0.5) is 27.6 Å². The number of ether oxygens (including phenoxy) is 1. The zero-order chi connectivity index (χ0) is 20.1. The lowest BCUT2D eigenvalue weighted by Gasteiger charge is -2.17. The van der Waals surface area contributed by atoms with Crippen molar-refractivity contribution in [2.45, 2.75) is 22.6 Å². The van der Waals surface area contributed by atoms with Crippen molar-refractivity contribution >= 4 is 15.5 Å². The van der Waals surface area contributed by atoms with Crippen molar-refractivity contribution in [3.63, 3.8) is 0 Å². The van der Waals surface area contributed by atoms with Crippen molar-refractivity contribution in [3.05, 3.63) is 58.7 Å². The van der Waals surface area contributed by atoms with E-state index in [0.29, 0.717) is 6.07 Å². The molecule has 5 nitrogen and oxygen atoms in total. The Labute approximate surface area is 149 Å². The number of fused-ring (bicyclic) bond motifs is 1. The Morgan fingerprint density at radius 3 is 2.48 bits per heavy atom. The maximum atomic E-state index is 14.0. The Hall–Kier alpha value is -2.71. The van der Waals surface area contributed by atoms with Gasteiger partial charge in [-0.3, -0.25) is 0 Å². The first-order valence-corrected chi connectivity index (χ1v) is 8.68. The molecule has 1 aliphatic rings. The molecule has 1 heterocycles. The third kappa shape index (κ3) is 2.81. The summed E-state index contributed by atoms with van der Waals surface area (Å²) in [7, 11) is -5.24. The predicted octanol–water partition coefficient (Wildman–Crippen LogP) is 4.49. The lowest BCUT2D eigenvalue weighted by Crippen LogP contribution is -2.34. The SMILES string of the molecule is [C-]#[N+]c1cc(F)cc(Oc2ccc3c(c2C(F)F)[C@H](N)C(F)(F)S3(=O)=O)c1. The molecule has 0 spiro atoms. The number of hydrogen-bond acceptors (Lipinski definition) is 4. The zero-order valence-corrected chi connectivity index (χ0v) is 13.9. The van der Waals surface area contributed by atoms with Crippen LogP contribution >= 0.6 is 0 Å². The molecule has 0 radical (unpaired) electrons. The molecule has 27 heavy (non-hydrogen) atoms. The van der Waals surface area contributed by atoms with Crippen molar-refractivity contribution in [2.75, 3.05) is 0 Å². The van der Waals surface area contributed by atoms with Crippen LogP contribution in [-0.2, 0) is 9.84 Å². The van der Waals surface area contributed by atoms with Crippen LogP contribution in [0.5, 0.6) is 11.5 Å². The van der Waals surface area contributed by atoms with Crippen molar-refractivity contribution < 1.29 is 35.1 Å². The molecule has 0 aromatic heterocycles. The van der Waals surface area contributed by atoms with Gasteiger partial charge in [-0.1, -0.05) is 0 Å². The number of halogens is 5. The van der Waals surface area contributed by atoms with Crippen molar-refractivity contribution in [1.82, 2.24) is 0 Å². The summed E-state index contributed by atoms with van der Waals surface area (Å²) >= 11 is 0. The molecule has 0 bridgehead atoms. The number of sulfone groups is 1. The number of benzene rings is 2. The van der Waals surface area contributed by atoms with E-state index in [2.05, 4.69) is 4.85 Å². The van der Waals surface area contributed by atoms with E-state index < -0.39 is 55.1 Å². The smallest absolute Gasteiger partial charge is 0.368 e. The molecule has 142 valence electrons. The van der Waals surface area contributed by atoms with E-state index in [4.69, 9.17) is 17.0 Å². The van der Waals surface area contributed by atoms with Crippen LogP contribution in [0, 0.1) is 12.4 Å². The van der Waals surface area contributed by atoms with Crippen LogP contribution in [0.1, 0.15) is 23.6 Å². The average Bonchev–Trinajstić information content (AvgIpc) is 2.71. The van der Waals surface area contributed by atoms with E-state index in [1.54, 1.807) is 0 Å². The summed E-state index contributed by atoms with van der Waals surface area (Å²) in [6.07, 6.45) is -3.40. The first kappa shape index (κ1) is 19.1. The van der Waals surface area contributed by atoms with Crippen LogP contribution < -0.4 is 10.5 Å². The molecule has 0 amide bonds. The van der Waals surface area contributed by atoms with Gasteiger partial charge in [0.1, 0.15) is 23.4 Å². The van der Waals surface area contributed by atoms with E-state index in [0.717, 1.165) is 24.3 Å². The van der Waals surface area contributed by atoms with Crippen molar-refractivity contribution in [2.24, 2.45) is 5.73 Å². The highest BCUT2D eigenvalue weighted by molar-refractivity contribution is 7.92. The average molecular weight is 404 g/mol. The molecular formula is C16H9F5N2O3S. The van der Waals surface area contributed by atoms with E-state index in [1.165, 1.54) is 0 Å². The molecule has 1 aliphatic heterocycles. The summed E-state index contributed by atoms with van der Waals surface area (Å²) in [5, 5.41) is -4.46. The van der Waals surface area contributed by atoms with Crippen LogP contribution in [0.2, 0.25) is 0 Å². The second-order valence-electron chi connectivity index (χ2n) is 5.59. The lowest BCUT2D eigenvalue weighted by molar-refractivity contribution is 0.0662. The third-order valence-electron chi connectivity index (χ3n) is 3.96. The molecule has 0 fully saturated rings. The summed E-state index contributed by atoms with van der Waals surface area (Å²) in [5.41, 5.74) is 2.99. The molecule has 0 saturated heterocycles. The third-order valence-corrected chi connectivity index (χ3v) is 5.86. The summed E-state index contributed by atoms with van der Waals surface area (Å²) in [4.78, 5) is 1.97. The summed E-state index contributed by atoms with van der Waals surface area (Å²) in [6.45, 7) is 6.86. The van der Waals surface area contributed by atoms with Gasteiger partial charge in [0.2, 0.25) is 9.84 Å². The minimum absolute atomic E-state index is 0.185. The fraction of sp³-hybridized carbons (Fsp3) is 0.188. The van der Waals surface area contributed by atoms with Gasteiger partial charge < -0.3 is 10.5 Å². The maximum Gasteiger partial charge on any atom is 0.368 e. The largest absolute Gasteiger partial charge is 0.458 e. The van der Waals surface area contributed by atoms with Crippen molar-refractivity contribution in [1.29, 1.82) is 0 Å². The minimum atomic E-state index is -5.24. The standard InChI is InChI=1S/C16H9F5N2O3S/c1-23-8-4-7(17)5-9(6-8)26-10-2-3-11-13(12(10)15(18)19)14(22)16(20,21)27(11,24)25/h2-6,14-15H,22H2/t14-/m0/s1.